The van der Waals surface area contributed by atoms with Gasteiger partial charge >= 0.3 is 11.9 Å². The minimum Gasteiger partial charge on any atom is -0.544 e. The molecule has 344 valence electrons. The highest BCUT2D eigenvalue weighted by Gasteiger charge is 2.25. The standard InChI is InChI=1S/C51H93NO7/c1-6-8-10-12-14-16-18-20-21-22-23-24-25-26-27-28-29-30-32-33-35-37-39-41-49(53)58-46-47(45-57-44-43-48(51(55)56)52(3,4)5)59-50(54)42-40-38-36-34-31-19-17-15-13-11-9-7-2/h9,11,15,17,26-27,47-48H,6-8,10,12-14,16,18-25,28-46H2,1-5H3/b11-9+,17-15+,27-26+. The highest BCUT2D eigenvalue weighted by molar-refractivity contribution is 5.70. The van der Waals surface area contributed by atoms with E-state index in [-0.39, 0.29) is 42.7 Å². The molecule has 0 rings (SSSR count). The van der Waals surface area contributed by atoms with Gasteiger partial charge in [0.15, 0.2) is 6.10 Å². The minimum atomic E-state index is -1.13. The van der Waals surface area contributed by atoms with Crippen LogP contribution in [0.25, 0.3) is 0 Å². The summed E-state index contributed by atoms with van der Waals surface area (Å²) in [6.07, 6.45) is 49.0. The van der Waals surface area contributed by atoms with E-state index in [4.69, 9.17) is 14.2 Å². The van der Waals surface area contributed by atoms with Gasteiger partial charge in [-0.2, -0.15) is 0 Å². The Balaban J connectivity index is 4.18. The SMILES string of the molecule is CC/C=C/C/C=C/CCCCCCCC(=O)OC(COCCC(C(=O)[O-])[N+](C)(C)C)COC(=O)CCCCCCCCC/C=C/CCCCCCCCCCCCCC. The van der Waals surface area contributed by atoms with Gasteiger partial charge in [0.1, 0.15) is 12.6 Å². The number of carbonyl (C=O) groups excluding carboxylic acids is 3. The van der Waals surface area contributed by atoms with Gasteiger partial charge in [-0.3, -0.25) is 9.59 Å². The molecule has 0 aliphatic heterocycles. The first-order valence-corrected chi connectivity index (χ1v) is 24.5. The summed E-state index contributed by atoms with van der Waals surface area (Å²) in [4.78, 5) is 36.9. The van der Waals surface area contributed by atoms with Crippen LogP contribution in [0.1, 0.15) is 219 Å². The maximum atomic E-state index is 12.7. The van der Waals surface area contributed by atoms with Crippen molar-refractivity contribution < 1.29 is 38.2 Å². The largest absolute Gasteiger partial charge is 0.544 e. The molecule has 0 amide bonds. The molecule has 0 radical (unpaired) electrons. The number of carboxylic acids is 1. The van der Waals surface area contributed by atoms with Gasteiger partial charge in [0.2, 0.25) is 0 Å². The first kappa shape index (κ1) is 56.5. The smallest absolute Gasteiger partial charge is 0.306 e. The average molecular weight is 832 g/mol. The first-order valence-electron chi connectivity index (χ1n) is 24.5. The molecule has 0 saturated carbocycles. The van der Waals surface area contributed by atoms with Crippen molar-refractivity contribution in [2.75, 3.05) is 41.0 Å². The maximum Gasteiger partial charge on any atom is 0.306 e. The normalized spacial score (nSPS) is 13.2. The van der Waals surface area contributed by atoms with Crippen LogP contribution in [-0.2, 0) is 28.6 Å². The van der Waals surface area contributed by atoms with Gasteiger partial charge < -0.3 is 28.6 Å². The quantitative estimate of drug-likeness (QED) is 0.0261. The number of quaternary nitrogens is 1. The number of carbonyl (C=O) groups is 3. The molecule has 59 heavy (non-hydrogen) atoms. The highest BCUT2D eigenvalue weighted by atomic mass is 16.6. The molecule has 0 bridgehead atoms. The van der Waals surface area contributed by atoms with Gasteiger partial charge in [0.25, 0.3) is 0 Å². The molecule has 0 heterocycles. The van der Waals surface area contributed by atoms with Crippen LogP contribution in [0, 0.1) is 0 Å². The Morgan fingerprint density at radius 1 is 0.525 bits per heavy atom. The predicted octanol–water partition coefficient (Wildman–Crippen LogP) is 12.5. The van der Waals surface area contributed by atoms with E-state index in [1.54, 1.807) is 21.1 Å². The third-order valence-corrected chi connectivity index (χ3v) is 11.0. The van der Waals surface area contributed by atoms with E-state index >= 15 is 0 Å². The number of rotatable bonds is 44. The van der Waals surface area contributed by atoms with Crippen LogP contribution < -0.4 is 5.11 Å². The van der Waals surface area contributed by atoms with Crippen molar-refractivity contribution in [1.29, 1.82) is 0 Å². The molecular weight excluding hydrogens is 739 g/mol. The summed E-state index contributed by atoms with van der Waals surface area (Å²) in [5.74, 6) is -1.75. The van der Waals surface area contributed by atoms with Gasteiger partial charge in [0, 0.05) is 19.3 Å². The van der Waals surface area contributed by atoms with Gasteiger partial charge in [0.05, 0.1) is 40.3 Å². The number of unbranched alkanes of at least 4 members (excludes halogenated alkanes) is 24. The Kier molecular flexibility index (Phi) is 40.5. The number of esters is 2. The summed E-state index contributed by atoms with van der Waals surface area (Å²) in [6.45, 7) is 4.55. The summed E-state index contributed by atoms with van der Waals surface area (Å²) in [6, 6.07) is -0.728. The van der Waals surface area contributed by atoms with Crippen LogP contribution in [0.5, 0.6) is 0 Å². The second-order valence-corrected chi connectivity index (χ2v) is 17.7. The molecule has 8 nitrogen and oxygen atoms in total. The number of hydrogen-bond acceptors (Lipinski definition) is 7. The van der Waals surface area contributed by atoms with Crippen molar-refractivity contribution in [3.05, 3.63) is 36.5 Å². The lowest BCUT2D eigenvalue weighted by Gasteiger charge is -2.34. The van der Waals surface area contributed by atoms with E-state index in [0.29, 0.717) is 12.8 Å². The lowest BCUT2D eigenvalue weighted by Crippen LogP contribution is -2.55. The van der Waals surface area contributed by atoms with Crippen molar-refractivity contribution in [1.82, 2.24) is 0 Å². The molecule has 0 spiro atoms. The molecule has 0 aromatic rings. The number of nitrogens with zero attached hydrogens (tertiary/aromatic N) is 1. The van der Waals surface area contributed by atoms with Crippen molar-refractivity contribution in [3.8, 4) is 0 Å². The monoisotopic (exact) mass is 832 g/mol. The molecule has 2 atom stereocenters. The molecule has 0 aliphatic rings. The van der Waals surface area contributed by atoms with Crippen LogP contribution in [0.3, 0.4) is 0 Å². The number of allylic oxidation sites excluding steroid dienone is 6. The van der Waals surface area contributed by atoms with Crippen LogP contribution in [0.4, 0.5) is 0 Å². The number of likely N-dealkylation sites (N-methyl/N-ethyl adjacent to an activating group) is 1. The lowest BCUT2D eigenvalue weighted by molar-refractivity contribution is -0.889. The topological polar surface area (TPSA) is 102 Å². The van der Waals surface area contributed by atoms with Crippen molar-refractivity contribution in [2.24, 2.45) is 0 Å². The van der Waals surface area contributed by atoms with Crippen LogP contribution in [-0.4, -0.2) is 75.5 Å². The molecule has 0 aromatic heterocycles. The summed E-state index contributed by atoms with van der Waals surface area (Å²) in [5, 5.41) is 11.6. The molecular formula is C51H93NO7. The summed E-state index contributed by atoms with van der Waals surface area (Å²) >= 11 is 0. The maximum absolute atomic E-state index is 12.7. The van der Waals surface area contributed by atoms with Gasteiger partial charge in [-0.25, -0.2) is 0 Å². The molecule has 0 fully saturated rings. The Hall–Kier alpha value is -2.45. The fraction of sp³-hybridized carbons (Fsp3) is 0.824. The zero-order chi connectivity index (χ0) is 43.5. The van der Waals surface area contributed by atoms with Crippen LogP contribution in [0.2, 0.25) is 0 Å². The number of carboxylic acid groups (broad SMARTS) is 1. The van der Waals surface area contributed by atoms with Gasteiger partial charge in [-0.1, -0.05) is 172 Å². The van der Waals surface area contributed by atoms with E-state index in [1.807, 2.05) is 0 Å². The zero-order valence-electron chi connectivity index (χ0n) is 39.2. The number of hydrogen-bond donors (Lipinski definition) is 0. The average Bonchev–Trinajstić information content (AvgIpc) is 3.19. The summed E-state index contributed by atoms with van der Waals surface area (Å²) < 4.78 is 17.2. The van der Waals surface area contributed by atoms with Crippen molar-refractivity contribution >= 4 is 17.9 Å². The molecule has 0 saturated heterocycles. The zero-order valence-corrected chi connectivity index (χ0v) is 39.2. The minimum absolute atomic E-state index is 0.0346. The lowest BCUT2D eigenvalue weighted by atomic mass is 10.0. The molecule has 8 heteroatoms. The summed E-state index contributed by atoms with van der Waals surface area (Å²) in [7, 11) is 5.40. The van der Waals surface area contributed by atoms with Crippen LogP contribution >= 0.6 is 0 Å². The first-order chi connectivity index (χ1) is 28.6. The second kappa shape index (κ2) is 42.2. The van der Waals surface area contributed by atoms with Gasteiger partial charge in [-0.05, 0) is 64.2 Å². The number of aliphatic carboxylic acids is 1. The Labute approximate surface area is 364 Å². The fourth-order valence-corrected chi connectivity index (χ4v) is 7.22. The van der Waals surface area contributed by atoms with Crippen LogP contribution in [0.15, 0.2) is 36.5 Å². The number of ether oxygens (including phenoxy) is 3. The van der Waals surface area contributed by atoms with E-state index in [9.17, 15) is 19.5 Å². The Morgan fingerprint density at radius 2 is 0.949 bits per heavy atom. The third kappa shape index (κ3) is 40.7. The molecule has 0 aliphatic carbocycles. The predicted molar refractivity (Wildman–Crippen MR) is 245 cm³/mol. The molecule has 0 aromatic carbocycles. The van der Waals surface area contributed by atoms with E-state index in [0.717, 1.165) is 70.6 Å². The van der Waals surface area contributed by atoms with E-state index in [1.165, 1.54) is 116 Å². The summed E-state index contributed by atoms with van der Waals surface area (Å²) in [5.41, 5.74) is 0. The van der Waals surface area contributed by atoms with Crippen molar-refractivity contribution in [3.63, 3.8) is 0 Å². The highest BCUT2D eigenvalue weighted by Crippen LogP contribution is 2.15. The van der Waals surface area contributed by atoms with Crippen molar-refractivity contribution in [2.45, 2.75) is 231 Å². The Morgan fingerprint density at radius 3 is 1.41 bits per heavy atom. The van der Waals surface area contributed by atoms with E-state index in [2.05, 4.69) is 50.3 Å². The van der Waals surface area contributed by atoms with Gasteiger partial charge in [-0.15, -0.1) is 0 Å². The Bertz CT molecular complexity index is 1060. The van der Waals surface area contributed by atoms with E-state index < -0.39 is 18.1 Å². The third-order valence-electron chi connectivity index (χ3n) is 11.0. The fourth-order valence-electron chi connectivity index (χ4n) is 7.22. The molecule has 0 N–H and O–H groups in total. The second-order valence-electron chi connectivity index (χ2n) is 17.7. The molecule has 2 unspecified atom stereocenters.